The first-order valence-corrected chi connectivity index (χ1v) is 4.72. The maximum atomic E-state index is 10.3. The van der Waals surface area contributed by atoms with Crippen molar-refractivity contribution in [3.63, 3.8) is 0 Å². The van der Waals surface area contributed by atoms with Crippen LogP contribution in [0.15, 0.2) is 0 Å². The summed E-state index contributed by atoms with van der Waals surface area (Å²) >= 11 is 0. The third-order valence-corrected chi connectivity index (χ3v) is 1.64. The number of hydrogen-bond donors (Lipinski definition) is 6. The van der Waals surface area contributed by atoms with Crippen molar-refractivity contribution in [2.75, 3.05) is 0 Å². The molecule has 1 unspecified atom stereocenters. The van der Waals surface area contributed by atoms with Crippen LogP contribution in [0.4, 0.5) is 0 Å². The molecule has 20 heavy (non-hydrogen) atoms. The van der Waals surface area contributed by atoms with Crippen molar-refractivity contribution in [3.05, 3.63) is 0 Å². The van der Waals surface area contributed by atoms with Gasteiger partial charge in [0.15, 0.2) is 5.60 Å². The predicted molar refractivity (Wildman–Crippen MR) is 65.0 cm³/mol. The van der Waals surface area contributed by atoms with Gasteiger partial charge in [0.05, 0.1) is 12.8 Å². The summed E-state index contributed by atoms with van der Waals surface area (Å²) < 4.78 is 0. The molecule has 0 radical (unpaired) electrons. The van der Waals surface area contributed by atoms with Crippen molar-refractivity contribution < 1.29 is 49.8 Å². The summed E-state index contributed by atoms with van der Waals surface area (Å²) in [6, 6.07) is 0. The molecule has 0 amide bonds. The number of aliphatic hydroxyl groups is 2. The summed E-state index contributed by atoms with van der Waals surface area (Å²) in [5.41, 5.74) is -2.74. The quantitative estimate of drug-likeness (QED) is 0.280. The molecule has 114 valence electrons. The molecule has 11 heteroatoms. The zero-order valence-corrected chi connectivity index (χ0v) is 9.81. The first-order chi connectivity index (χ1) is 8.42. The Morgan fingerprint density at radius 3 is 1.30 bits per heavy atom. The summed E-state index contributed by atoms with van der Waals surface area (Å²) in [5.74, 6) is -6.20. The van der Waals surface area contributed by atoms with Crippen molar-refractivity contribution in [1.29, 1.82) is 0 Å². The van der Waals surface area contributed by atoms with E-state index < -0.39 is 48.4 Å². The standard InChI is InChI=1S/C6H8O7.C3H6O3.Ca.2H/c7-3(8)1-6(13,5(11)12)2-4(9)10;1-2(4)3(5)6;;;/h13H,1-2H2,(H,7,8)(H,9,10)(H,11,12);2,4H,1H3,(H,5,6);;;. The third-order valence-electron chi connectivity index (χ3n) is 1.64. The van der Waals surface area contributed by atoms with Crippen LogP contribution in [0.2, 0.25) is 0 Å². The number of aliphatic carboxylic acids is 4. The van der Waals surface area contributed by atoms with Gasteiger partial charge in [-0.3, -0.25) is 9.59 Å². The van der Waals surface area contributed by atoms with Crippen LogP contribution >= 0.6 is 0 Å². The number of aliphatic hydroxyl groups excluding tert-OH is 1. The Morgan fingerprint density at radius 2 is 1.20 bits per heavy atom. The van der Waals surface area contributed by atoms with Crippen molar-refractivity contribution in [1.82, 2.24) is 0 Å². The van der Waals surface area contributed by atoms with Crippen molar-refractivity contribution in [2.45, 2.75) is 31.5 Å². The Balaban J connectivity index is -0.000000352. The van der Waals surface area contributed by atoms with Crippen LogP contribution in [-0.2, 0) is 19.2 Å². The fourth-order valence-electron chi connectivity index (χ4n) is 0.714. The van der Waals surface area contributed by atoms with Crippen molar-refractivity contribution in [2.24, 2.45) is 0 Å². The molecule has 0 aromatic rings. The second-order valence-corrected chi connectivity index (χ2v) is 3.49. The molecule has 0 aromatic heterocycles. The molecule has 0 aromatic carbocycles. The van der Waals surface area contributed by atoms with Crippen LogP contribution < -0.4 is 0 Å². The van der Waals surface area contributed by atoms with Crippen LogP contribution in [0.25, 0.3) is 0 Å². The van der Waals surface area contributed by atoms with Crippen LogP contribution in [0.5, 0.6) is 0 Å². The van der Waals surface area contributed by atoms with Crippen LogP contribution in [-0.4, -0.2) is 104 Å². The Bertz CT molecular complexity index is 348. The van der Waals surface area contributed by atoms with E-state index in [1.54, 1.807) is 0 Å². The van der Waals surface area contributed by atoms with E-state index in [4.69, 9.17) is 30.6 Å². The van der Waals surface area contributed by atoms with Crippen molar-refractivity contribution >= 4 is 61.6 Å². The summed E-state index contributed by atoms with van der Waals surface area (Å²) in [6.07, 6.45) is -3.52. The van der Waals surface area contributed by atoms with Gasteiger partial charge in [0.1, 0.15) is 6.10 Å². The average Bonchev–Trinajstić information content (AvgIpc) is 2.14. The molecule has 0 heterocycles. The fourth-order valence-corrected chi connectivity index (χ4v) is 0.714. The Hall–Kier alpha value is -0.940. The number of carboxylic acid groups (broad SMARTS) is 4. The maximum absolute atomic E-state index is 10.3. The first-order valence-electron chi connectivity index (χ1n) is 4.72. The van der Waals surface area contributed by atoms with Gasteiger partial charge in [0, 0.05) is 0 Å². The summed E-state index contributed by atoms with van der Waals surface area (Å²) in [5, 5.41) is 49.6. The molecular formula is C9H16CaO10. The van der Waals surface area contributed by atoms with E-state index in [9.17, 15) is 19.2 Å². The molecule has 0 aliphatic rings. The normalized spacial score (nSPS) is 11.2. The van der Waals surface area contributed by atoms with E-state index in [0.717, 1.165) is 0 Å². The second kappa shape index (κ2) is 10.8. The molecule has 0 saturated carbocycles. The van der Waals surface area contributed by atoms with Gasteiger partial charge in [-0.2, -0.15) is 0 Å². The van der Waals surface area contributed by atoms with E-state index in [-0.39, 0.29) is 37.7 Å². The van der Waals surface area contributed by atoms with Crippen LogP contribution in [0, 0.1) is 0 Å². The van der Waals surface area contributed by atoms with Gasteiger partial charge in [0.2, 0.25) is 0 Å². The SMILES string of the molecule is CC(O)C(=O)O.O=C(O)CC(O)(CC(=O)O)C(=O)O.[CaH2]. The monoisotopic (exact) mass is 324 g/mol. The van der Waals surface area contributed by atoms with E-state index >= 15 is 0 Å². The summed E-state index contributed by atoms with van der Waals surface area (Å²) in [4.78, 5) is 39.9. The number of rotatable bonds is 6. The van der Waals surface area contributed by atoms with Gasteiger partial charge in [-0.1, -0.05) is 0 Å². The van der Waals surface area contributed by atoms with Crippen LogP contribution in [0.1, 0.15) is 19.8 Å². The third kappa shape index (κ3) is 12.1. The predicted octanol–water partition coefficient (Wildman–Crippen LogP) is -2.71. The topological polar surface area (TPSA) is 190 Å². The molecule has 0 spiro atoms. The van der Waals surface area contributed by atoms with E-state index in [0.29, 0.717) is 0 Å². The summed E-state index contributed by atoms with van der Waals surface area (Å²) in [7, 11) is 0. The zero-order valence-electron chi connectivity index (χ0n) is 9.81. The van der Waals surface area contributed by atoms with Crippen molar-refractivity contribution in [3.8, 4) is 0 Å². The van der Waals surface area contributed by atoms with Gasteiger partial charge in [0.25, 0.3) is 0 Å². The molecule has 0 bridgehead atoms. The first kappa shape index (κ1) is 24.1. The molecule has 0 rings (SSSR count). The minimum absolute atomic E-state index is 0. The molecule has 10 nitrogen and oxygen atoms in total. The van der Waals surface area contributed by atoms with Gasteiger partial charge < -0.3 is 30.6 Å². The molecule has 1 atom stereocenters. The fraction of sp³-hybridized carbons (Fsp3) is 0.556. The number of hydrogen-bond acceptors (Lipinski definition) is 6. The van der Waals surface area contributed by atoms with E-state index in [1.165, 1.54) is 6.92 Å². The van der Waals surface area contributed by atoms with E-state index in [1.807, 2.05) is 0 Å². The number of carboxylic acids is 4. The van der Waals surface area contributed by atoms with Gasteiger partial charge >= 0.3 is 61.6 Å². The molecule has 0 fully saturated rings. The Labute approximate surface area is 142 Å². The van der Waals surface area contributed by atoms with E-state index in [2.05, 4.69) is 0 Å². The van der Waals surface area contributed by atoms with Crippen LogP contribution in [0.3, 0.4) is 0 Å². The molecule has 0 aliphatic carbocycles. The second-order valence-electron chi connectivity index (χ2n) is 3.49. The average molecular weight is 324 g/mol. The van der Waals surface area contributed by atoms with Gasteiger partial charge in [-0.25, -0.2) is 9.59 Å². The summed E-state index contributed by atoms with van der Waals surface area (Å²) in [6.45, 7) is 1.20. The minimum atomic E-state index is -2.74. The Kier molecular flexibility index (Phi) is 13.0. The Morgan fingerprint density at radius 1 is 0.950 bits per heavy atom. The molecular weight excluding hydrogens is 308 g/mol. The molecule has 0 saturated heterocycles. The van der Waals surface area contributed by atoms with Gasteiger partial charge in [-0.15, -0.1) is 0 Å². The number of carbonyl (C=O) groups is 4. The molecule has 0 aliphatic heterocycles. The van der Waals surface area contributed by atoms with Gasteiger partial charge in [-0.05, 0) is 6.92 Å². The molecule has 6 N–H and O–H groups in total. The zero-order chi connectivity index (χ0) is 15.8.